The van der Waals surface area contributed by atoms with Crippen molar-refractivity contribution in [2.24, 2.45) is 0 Å². The van der Waals surface area contributed by atoms with Gasteiger partial charge >= 0.3 is 0 Å². The molecule has 128 valence electrons. The van der Waals surface area contributed by atoms with Gasteiger partial charge in [0.25, 0.3) is 5.91 Å². The number of carbonyl (C=O) groups is 1. The lowest BCUT2D eigenvalue weighted by atomic mass is 10.0. The van der Waals surface area contributed by atoms with Crippen LogP contribution in [-0.4, -0.2) is 87.7 Å². The van der Waals surface area contributed by atoms with Crippen LogP contribution in [-0.2, 0) is 6.54 Å². The van der Waals surface area contributed by atoms with Gasteiger partial charge in [-0.25, -0.2) is 0 Å². The van der Waals surface area contributed by atoms with E-state index in [0.29, 0.717) is 12.2 Å². The molecule has 0 aromatic carbocycles. The van der Waals surface area contributed by atoms with Crippen LogP contribution >= 0.6 is 0 Å². The third-order valence-electron chi connectivity index (χ3n) is 4.71. The molecule has 1 atom stereocenters. The smallest absolute Gasteiger partial charge is 0.276 e. The number of carbonyl (C=O) groups excluding carboxylic acids is 1. The fourth-order valence-electron chi connectivity index (χ4n) is 3.29. The Morgan fingerprint density at radius 3 is 2.87 bits per heavy atom. The quantitative estimate of drug-likeness (QED) is 0.736. The summed E-state index contributed by atoms with van der Waals surface area (Å²) in [5.41, 5.74) is 0.380. The van der Waals surface area contributed by atoms with E-state index in [9.17, 15) is 9.90 Å². The normalized spacial score (nSPS) is 23.2. The van der Waals surface area contributed by atoms with Crippen LogP contribution in [0.1, 0.15) is 29.8 Å². The standard InChI is InChI=1S/C15H26N6O2/c22-12-13-3-1-2-6-21(13)15(23)14-11-20(18-17-14)10-9-19-7-4-16-5-8-19/h11,13,16,22H,1-10,12H2/t13-/m1/s1. The monoisotopic (exact) mass is 322 g/mol. The zero-order chi connectivity index (χ0) is 16.1. The number of amides is 1. The Bertz CT molecular complexity index is 514. The van der Waals surface area contributed by atoms with Crippen molar-refractivity contribution in [2.45, 2.75) is 31.8 Å². The first kappa shape index (κ1) is 16.4. The van der Waals surface area contributed by atoms with Gasteiger partial charge < -0.3 is 15.3 Å². The molecule has 2 saturated heterocycles. The lowest BCUT2D eigenvalue weighted by Crippen LogP contribution is -2.45. The second-order valence-electron chi connectivity index (χ2n) is 6.29. The Balaban J connectivity index is 1.56. The molecular formula is C15H26N6O2. The summed E-state index contributed by atoms with van der Waals surface area (Å²) in [5.74, 6) is -0.114. The second kappa shape index (κ2) is 7.85. The maximum Gasteiger partial charge on any atom is 0.276 e. The number of aliphatic hydroxyl groups is 1. The molecule has 1 amide bonds. The lowest BCUT2D eigenvalue weighted by molar-refractivity contribution is 0.0497. The third kappa shape index (κ3) is 4.07. The number of likely N-dealkylation sites (tertiary alicyclic amines) is 1. The van der Waals surface area contributed by atoms with Crippen molar-refractivity contribution in [1.29, 1.82) is 0 Å². The molecule has 1 aromatic heterocycles. The molecule has 8 heteroatoms. The van der Waals surface area contributed by atoms with Gasteiger partial charge in [0, 0.05) is 39.3 Å². The SMILES string of the molecule is O=C(c1cn(CCN2CCNCC2)nn1)N1CCCC[C@@H]1CO. The molecule has 2 aliphatic rings. The first-order chi connectivity index (χ1) is 11.3. The van der Waals surface area contributed by atoms with Crippen molar-refractivity contribution in [3.8, 4) is 0 Å². The van der Waals surface area contributed by atoms with E-state index in [2.05, 4.69) is 20.5 Å². The number of nitrogens with zero attached hydrogens (tertiary/aromatic N) is 5. The largest absolute Gasteiger partial charge is 0.394 e. The summed E-state index contributed by atoms with van der Waals surface area (Å²) in [6.07, 6.45) is 4.64. The first-order valence-electron chi connectivity index (χ1n) is 8.53. The van der Waals surface area contributed by atoms with E-state index >= 15 is 0 Å². The van der Waals surface area contributed by atoms with Crippen molar-refractivity contribution < 1.29 is 9.90 Å². The van der Waals surface area contributed by atoms with Crippen LogP contribution in [0.4, 0.5) is 0 Å². The molecule has 2 fully saturated rings. The summed E-state index contributed by atoms with van der Waals surface area (Å²) >= 11 is 0. The van der Waals surface area contributed by atoms with Gasteiger partial charge in [-0.3, -0.25) is 14.4 Å². The van der Waals surface area contributed by atoms with E-state index in [1.165, 1.54) is 0 Å². The Labute approximate surface area is 136 Å². The maximum absolute atomic E-state index is 12.6. The summed E-state index contributed by atoms with van der Waals surface area (Å²) in [4.78, 5) is 16.7. The number of rotatable bonds is 5. The Morgan fingerprint density at radius 1 is 1.26 bits per heavy atom. The van der Waals surface area contributed by atoms with E-state index < -0.39 is 0 Å². The Hall–Kier alpha value is -1.51. The minimum Gasteiger partial charge on any atom is -0.394 e. The van der Waals surface area contributed by atoms with Gasteiger partial charge in [0.2, 0.25) is 0 Å². The lowest BCUT2D eigenvalue weighted by Gasteiger charge is -2.33. The number of hydrogen-bond acceptors (Lipinski definition) is 6. The molecule has 0 bridgehead atoms. The molecule has 3 rings (SSSR count). The summed E-state index contributed by atoms with van der Waals surface area (Å²) in [6.45, 7) is 6.52. The second-order valence-corrected chi connectivity index (χ2v) is 6.29. The Kier molecular flexibility index (Phi) is 5.58. The molecule has 8 nitrogen and oxygen atoms in total. The van der Waals surface area contributed by atoms with E-state index in [1.807, 2.05) is 0 Å². The van der Waals surface area contributed by atoms with Crippen LogP contribution in [0.2, 0.25) is 0 Å². The molecule has 23 heavy (non-hydrogen) atoms. The molecule has 0 aliphatic carbocycles. The van der Waals surface area contributed by atoms with Gasteiger partial charge in [-0.1, -0.05) is 5.21 Å². The average molecular weight is 322 g/mol. The van der Waals surface area contributed by atoms with Crippen LogP contribution in [0.15, 0.2) is 6.20 Å². The number of piperazine rings is 1. The van der Waals surface area contributed by atoms with Gasteiger partial charge in [0.05, 0.1) is 25.4 Å². The van der Waals surface area contributed by atoms with E-state index in [4.69, 9.17) is 0 Å². The number of hydrogen-bond donors (Lipinski definition) is 2. The molecule has 2 aliphatic heterocycles. The molecule has 0 saturated carbocycles. The predicted octanol–water partition coefficient (Wildman–Crippen LogP) is -0.830. The molecular weight excluding hydrogens is 296 g/mol. The zero-order valence-corrected chi connectivity index (χ0v) is 13.5. The number of nitrogens with one attached hydrogen (secondary N) is 1. The van der Waals surface area contributed by atoms with Crippen molar-refractivity contribution in [3.63, 3.8) is 0 Å². The van der Waals surface area contributed by atoms with Crippen LogP contribution in [0.5, 0.6) is 0 Å². The highest BCUT2D eigenvalue weighted by molar-refractivity contribution is 5.92. The summed E-state index contributed by atoms with van der Waals surface area (Å²) in [5, 5.41) is 20.9. The van der Waals surface area contributed by atoms with Crippen molar-refractivity contribution in [2.75, 3.05) is 45.9 Å². The Morgan fingerprint density at radius 2 is 2.09 bits per heavy atom. The average Bonchev–Trinajstić information content (AvgIpc) is 3.09. The van der Waals surface area contributed by atoms with Crippen LogP contribution in [0.3, 0.4) is 0 Å². The molecule has 0 spiro atoms. The predicted molar refractivity (Wildman–Crippen MR) is 85.1 cm³/mol. The maximum atomic E-state index is 12.6. The molecule has 2 N–H and O–H groups in total. The van der Waals surface area contributed by atoms with Crippen molar-refractivity contribution in [3.05, 3.63) is 11.9 Å². The first-order valence-corrected chi connectivity index (χ1v) is 8.53. The molecule has 0 radical (unpaired) electrons. The van der Waals surface area contributed by atoms with E-state index in [1.54, 1.807) is 15.8 Å². The third-order valence-corrected chi connectivity index (χ3v) is 4.71. The minimum atomic E-state index is -0.114. The fraction of sp³-hybridized carbons (Fsp3) is 0.800. The van der Waals surface area contributed by atoms with Crippen molar-refractivity contribution >= 4 is 5.91 Å². The van der Waals surface area contributed by atoms with Crippen molar-refractivity contribution in [1.82, 2.24) is 30.1 Å². The van der Waals surface area contributed by atoms with Gasteiger partial charge in [-0.05, 0) is 19.3 Å². The van der Waals surface area contributed by atoms with Gasteiger partial charge in [0.15, 0.2) is 5.69 Å². The van der Waals surface area contributed by atoms with Crippen LogP contribution in [0, 0.1) is 0 Å². The number of piperidine rings is 1. The molecule has 3 heterocycles. The summed E-state index contributed by atoms with van der Waals surface area (Å²) in [6, 6.07) is -0.0813. The van der Waals surface area contributed by atoms with Gasteiger partial charge in [-0.15, -0.1) is 5.10 Å². The van der Waals surface area contributed by atoms with Crippen LogP contribution in [0.25, 0.3) is 0 Å². The topological polar surface area (TPSA) is 86.5 Å². The van der Waals surface area contributed by atoms with Gasteiger partial charge in [0.1, 0.15) is 0 Å². The highest BCUT2D eigenvalue weighted by atomic mass is 16.3. The fourth-order valence-corrected chi connectivity index (χ4v) is 3.29. The van der Waals surface area contributed by atoms with Gasteiger partial charge in [-0.2, -0.15) is 0 Å². The highest BCUT2D eigenvalue weighted by Gasteiger charge is 2.28. The van der Waals surface area contributed by atoms with Crippen LogP contribution < -0.4 is 5.32 Å². The summed E-state index contributed by atoms with van der Waals surface area (Å²) in [7, 11) is 0. The summed E-state index contributed by atoms with van der Waals surface area (Å²) < 4.78 is 1.74. The van der Waals surface area contributed by atoms with E-state index in [-0.39, 0.29) is 18.6 Å². The zero-order valence-electron chi connectivity index (χ0n) is 13.5. The number of aliphatic hydroxyl groups excluding tert-OH is 1. The van der Waals surface area contributed by atoms with E-state index in [0.717, 1.165) is 58.5 Å². The number of aromatic nitrogens is 3. The minimum absolute atomic E-state index is 0.0167. The highest BCUT2D eigenvalue weighted by Crippen LogP contribution is 2.18. The molecule has 0 unspecified atom stereocenters. The molecule has 1 aromatic rings.